The summed E-state index contributed by atoms with van der Waals surface area (Å²) < 4.78 is 5.34. The Hall–Kier alpha value is 0.0200. The molecule has 110 valence electrons. The minimum absolute atomic E-state index is 0. The van der Waals surface area contributed by atoms with Crippen molar-refractivity contribution in [2.45, 2.75) is 39.2 Å². The van der Waals surface area contributed by atoms with Crippen molar-refractivity contribution in [3.8, 4) is 0 Å². The zero-order valence-corrected chi connectivity index (χ0v) is 15.1. The lowest BCUT2D eigenvalue weighted by Crippen LogP contribution is -2.64. The number of amides is 1. The standard InChI is InChI=1S/C13H22N2O2S.HI/c1-12(2,3)17-11(16)15-7-13(8-15)5-9(6-13)10(14)18-4;/h9,14H,5-8H2,1-4H3;1H. The van der Waals surface area contributed by atoms with E-state index in [4.69, 9.17) is 10.1 Å². The molecular weight excluding hydrogens is 375 g/mol. The van der Waals surface area contributed by atoms with E-state index < -0.39 is 5.60 Å². The highest BCUT2D eigenvalue weighted by atomic mass is 127. The van der Waals surface area contributed by atoms with Crippen molar-refractivity contribution in [2.24, 2.45) is 11.3 Å². The molecule has 2 aliphatic rings. The van der Waals surface area contributed by atoms with Crippen LogP contribution in [0.15, 0.2) is 0 Å². The molecule has 4 nitrogen and oxygen atoms in total. The summed E-state index contributed by atoms with van der Waals surface area (Å²) >= 11 is 1.54. The van der Waals surface area contributed by atoms with Gasteiger partial charge in [0.2, 0.25) is 0 Å². The maximum atomic E-state index is 11.8. The van der Waals surface area contributed by atoms with Gasteiger partial charge in [0.25, 0.3) is 0 Å². The first-order chi connectivity index (χ1) is 8.25. The molecule has 0 aromatic heterocycles. The zero-order chi connectivity index (χ0) is 13.6. The average Bonchev–Trinajstić information content (AvgIpc) is 2.09. The first kappa shape index (κ1) is 17.1. The van der Waals surface area contributed by atoms with Crippen LogP contribution in [0.5, 0.6) is 0 Å². The Bertz CT molecular complexity index is 367. The van der Waals surface area contributed by atoms with Gasteiger partial charge in [-0.15, -0.1) is 35.7 Å². The SMILES string of the molecule is CSC(=N)C1CC2(C1)CN(C(=O)OC(C)(C)C)C2.I. The third-order valence-electron chi connectivity index (χ3n) is 3.65. The molecule has 1 heterocycles. The molecule has 1 aliphatic carbocycles. The normalized spacial score (nSPS) is 21.2. The summed E-state index contributed by atoms with van der Waals surface area (Å²) in [5.41, 5.74) is -0.118. The fourth-order valence-corrected chi connectivity index (χ4v) is 3.31. The number of carbonyl (C=O) groups is 1. The molecule has 2 rings (SSSR count). The quantitative estimate of drug-likeness (QED) is 0.417. The van der Waals surface area contributed by atoms with Gasteiger partial charge in [-0.2, -0.15) is 0 Å². The fraction of sp³-hybridized carbons (Fsp3) is 0.846. The van der Waals surface area contributed by atoms with E-state index >= 15 is 0 Å². The molecule has 0 aromatic carbocycles. The first-order valence-corrected chi connectivity index (χ1v) is 7.57. The van der Waals surface area contributed by atoms with Crippen LogP contribution in [0.4, 0.5) is 4.79 Å². The summed E-state index contributed by atoms with van der Waals surface area (Å²) in [6.07, 6.45) is 3.88. The Morgan fingerprint density at radius 3 is 2.32 bits per heavy atom. The van der Waals surface area contributed by atoms with Crippen molar-refractivity contribution >= 4 is 46.9 Å². The molecule has 0 bridgehead atoms. The van der Waals surface area contributed by atoms with Crippen LogP contribution in [0.1, 0.15) is 33.6 Å². The van der Waals surface area contributed by atoms with Crippen LogP contribution in [0.3, 0.4) is 0 Å². The number of halogens is 1. The van der Waals surface area contributed by atoms with Crippen LogP contribution in [-0.2, 0) is 4.74 Å². The zero-order valence-electron chi connectivity index (χ0n) is 12.0. The molecule has 1 amide bonds. The second-order valence-corrected chi connectivity index (χ2v) is 7.36. The minimum Gasteiger partial charge on any atom is -0.444 e. The van der Waals surface area contributed by atoms with Gasteiger partial charge in [0.1, 0.15) is 5.60 Å². The molecule has 6 heteroatoms. The van der Waals surface area contributed by atoms with Crippen LogP contribution in [0, 0.1) is 16.7 Å². The van der Waals surface area contributed by atoms with Gasteiger partial charge in [-0.3, -0.25) is 5.41 Å². The highest BCUT2D eigenvalue weighted by molar-refractivity contribution is 14.0. The van der Waals surface area contributed by atoms with Crippen molar-refractivity contribution in [1.82, 2.24) is 4.90 Å². The predicted octanol–water partition coefficient (Wildman–Crippen LogP) is 3.59. The number of hydrogen-bond acceptors (Lipinski definition) is 4. The summed E-state index contributed by atoms with van der Waals surface area (Å²) in [4.78, 5) is 13.6. The first-order valence-electron chi connectivity index (χ1n) is 6.35. The van der Waals surface area contributed by atoms with E-state index in [-0.39, 0.29) is 30.1 Å². The van der Waals surface area contributed by atoms with Gasteiger partial charge >= 0.3 is 6.09 Å². The molecule has 1 spiro atoms. The molecule has 0 radical (unpaired) electrons. The number of nitrogens with one attached hydrogen (secondary N) is 1. The molecule has 1 saturated carbocycles. The van der Waals surface area contributed by atoms with E-state index in [1.807, 2.05) is 27.0 Å². The number of rotatable bonds is 1. The number of thioether (sulfide) groups is 1. The maximum absolute atomic E-state index is 11.8. The third kappa shape index (κ3) is 3.77. The summed E-state index contributed by atoms with van der Waals surface area (Å²) in [6, 6.07) is 0. The lowest BCUT2D eigenvalue weighted by Gasteiger charge is -2.58. The smallest absolute Gasteiger partial charge is 0.410 e. The Labute approximate surface area is 136 Å². The Kier molecular flexibility index (Phi) is 5.20. The molecule has 0 aromatic rings. The Morgan fingerprint density at radius 1 is 1.37 bits per heavy atom. The van der Waals surface area contributed by atoms with E-state index in [1.54, 1.807) is 4.90 Å². The highest BCUT2D eigenvalue weighted by Crippen LogP contribution is 2.53. The van der Waals surface area contributed by atoms with Crippen LogP contribution < -0.4 is 0 Å². The van der Waals surface area contributed by atoms with Crippen molar-refractivity contribution in [3.63, 3.8) is 0 Å². The molecule has 2 fully saturated rings. The van der Waals surface area contributed by atoms with Gasteiger partial charge in [-0.1, -0.05) is 0 Å². The van der Waals surface area contributed by atoms with Crippen molar-refractivity contribution in [2.75, 3.05) is 19.3 Å². The predicted molar refractivity (Wildman–Crippen MR) is 89.6 cm³/mol. The Balaban J connectivity index is 0.00000180. The number of hydrogen-bond donors (Lipinski definition) is 1. The van der Waals surface area contributed by atoms with E-state index in [0.29, 0.717) is 11.3 Å². The second kappa shape index (κ2) is 5.79. The number of likely N-dealkylation sites (tertiary alicyclic amines) is 1. The summed E-state index contributed by atoms with van der Waals surface area (Å²) in [5, 5.41) is 8.57. The molecule has 0 unspecified atom stereocenters. The lowest BCUT2D eigenvalue weighted by atomic mass is 9.58. The van der Waals surface area contributed by atoms with Gasteiger partial charge in [-0.25, -0.2) is 4.79 Å². The summed E-state index contributed by atoms with van der Waals surface area (Å²) in [5.74, 6) is 0.431. The number of nitrogens with zero attached hydrogens (tertiary/aromatic N) is 1. The van der Waals surface area contributed by atoms with Crippen LogP contribution in [-0.4, -0.2) is 41.0 Å². The molecule has 19 heavy (non-hydrogen) atoms. The van der Waals surface area contributed by atoms with E-state index in [0.717, 1.165) is 31.0 Å². The molecule has 1 aliphatic heterocycles. The van der Waals surface area contributed by atoms with Gasteiger partial charge in [-0.05, 0) is 39.9 Å². The van der Waals surface area contributed by atoms with Crippen LogP contribution in [0.25, 0.3) is 0 Å². The van der Waals surface area contributed by atoms with Gasteiger partial charge in [0, 0.05) is 24.4 Å². The number of carbonyl (C=O) groups excluding carboxylic acids is 1. The van der Waals surface area contributed by atoms with Gasteiger partial charge in [0.15, 0.2) is 0 Å². The minimum atomic E-state index is -0.414. The fourth-order valence-electron chi connectivity index (χ4n) is 2.81. The topological polar surface area (TPSA) is 53.4 Å². The maximum Gasteiger partial charge on any atom is 0.410 e. The van der Waals surface area contributed by atoms with Gasteiger partial charge in [0.05, 0.1) is 5.04 Å². The van der Waals surface area contributed by atoms with Gasteiger partial charge < -0.3 is 9.64 Å². The molecule has 0 atom stereocenters. The van der Waals surface area contributed by atoms with Crippen molar-refractivity contribution in [1.29, 1.82) is 5.41 Å². The largest absolute Gasteiger partial charge is 0.444 e. The third-order valence-corrected chi connectivity index (χ3v) is 4.43. The van der Waals surface area contributed by atoms with Crippen molar-refractivity contribution < 1.29 is 9.53 Å². The molecular formula is C13H23IN2O2S. The van der Waals surface area contributed by atoms with Crippen LogP contribution >= 0.6 is 35.7 Å². The second-order valence-electron chi connectivity index (χ2n) is 6.51. The lowest BCUT2D eigenvalue weighted by molar-refractivity contribution is -0.0809. The van der Waals surface area contributed by atoms with Crippen molar-refractivity contribution in [3.05, 3.63) is 0 Å². The van der Waals surface area contributed by atoms with Crippen LogP contribution in [0.2, 0.25) is 0 Å². The molecule has 1 N–H and O–H groups in total. The van der Waals surface area contributed by atoms with E-state index in [1.165, 1.54) is 11.8 Å². The molecule has 1 saturated heterocycles. The monoisotopic (exact) mass is 398 g/mol. The summed E-state index contributed by atoms with van der Waals surface area (Å²) in [7, 11) is 0. The summed E-state index contributed by atoms with van der Waals surface area (Å²) in [6.45, 7) is 7.28. The Morgan fingerprint density at radius 2 is 1.89 bits per heavy atom. The van der Waals surface area contributed by atoms with E-state index in [2.05, 4.69) is 0 Å². The average molecular weight is 398 g/mol. The number of ether oxygens (including phenoxy) is 1. The highest BCUT2D eigenvalue weighted by Gasteiger charge is 2.55. The van der Waals surface area contributed by atoms with E-state index in [9.17, 15) is 4.79 Å².